The second kappa shape index (κ2) is 5.27. The highest BCUT2D eigenvalue weighted by atomic mass is 16.5. The molecule has 2 aliphatic carbocycles. The Labute approximate surface area is 109 Å². The van der Waals surface area contributed by atoms with Gasteiger partial charge in [0.15, 0.2) is 0 Å². The van der Waals surface area contributed by atoms with E-state index in [1.807, 2.05) is 0 Å². The summed E-state index contributed by atoms with van der Waals surface area (Å²) in [6.07, 6.45) is 7.72. The zero-order valence-electron chi connectivity index (χ0n) is 11.1. The molecule has 1 heterocycles. The van der Waals surface area contributed by atoms with Crippen molar-refractivity contribution in [1.29, 1.82) is 0 Å². The summed E-state index contributed by atoms with van der Waals surface area (Å²) in [4.78, 5) is 4.57. The third kappa shape index (κ3) is 3.02. The van der Waals surface area contributed by atoms with E-state index in [0.717, 1.165) is 30.6 Å². The fourth-order valence-corrected chi connectivity index (χ4v) is 2.17. The van der Waals surface area contributed by atoms with Gasteiger partial charge in [-0.1, -0.05) is 6.92 Å². The molecule has 2 aliphatic rings. The lowest BCUT2D eigenvalue weighted by Gasteiger charge is -2.26. The molecule has 0 saturated heterocycles. The van der Waals surface area contributed by atoms with Crippen molar-refractivity contribution in [2.24, 2.45) is 0 Å². The third-order valence-electron chi connectivity index (χ3n) is 3.79. The first-order valence-corrected chi connectivity index (χ1v) is 7.23. The Kier molecular flexibility index (Phi) is 3.50. The van der Waals surface area contributed by atoms with E-state index < -0.39 is 0 Å². The quantitative estimate of drug-likeness (QED) is 0.838. The van der Waals surface area contributed by atoms with Gasteiger partial charge in [-0.25, -0.2) is 4.98 Å². The van der Waals surface area contributed by atoms with Gasteiger partial charge in [0.05, 0.1) is 0 Å². The zero-order chi connectivity index (χ0) is 12.4. The second-order valence-electron chi connectivity index (χ2n) is 5.48. The summed E-state index contributed by atoms with van der Waals surface area (Å²) in [6.45, 7) is 3.09. The van der Waals surface area contributed by atoms with Crippen LogP contribution in [-0.2, 0) is 13.0 Å². The molecule has 1 N–H and O–H groups in total. The molecule has 0 bridgehead atoms. The molecule has 0 amide bonds. The first-order valence-electron chi connectivity index (χ1n) is 7.23. The minimum atomic E-state index is 0.411. The maximum atomic E-state index is 5.92. The van der Waals surface area contributed by atoms with Crippen LogP contribution in [-0.4, -0.2) is 17.1 Å². The topological polar surface area (TPSA) is 34.1 Å². The number of hydrogen-bond donors (Lipinski definition) is 1. The lowest BCUT2D eigenvalue weighted by molar-refractivity contribution is 0.114. The smallest absolute Gasteiger partial charge is 0.214 e. The summed E-state index contributed by atoms with van der Waals surface area (Å²) < 4.78 is 5.92. The molecule has 3 nitrogen and oxygen atoms in total. The van der Waals surface area contributed by atoms with Gasteiger partial charge < -0.3 is 10.1 Å². The summed E-state index contributed by atoms with van der Waals surface area (Å²) in [6, 6.07) is 5.05. The number of pyridine rings is 1. The number of nitrogens with one attached hydrogen (secondary N) is 1. The molecule has 0 aliphatic heterocycles. The molecule has 3 rings (SSSR count). The van der Waals surface area contributed by atoms with Gasteiger partial charge in [-0.2, -0.15) is 0 Å². The predicted molar refractivity (Wildman–Crippen MR) is 71.7 cm³/mol. The van der Waals surface area contributed by atoms with Gasteiger partial charge in [0.2, 0.25) is 5.88 Å². The van der Waals surface area contributed by atoms with E-state index >= 15 is 0 Å². The SMILES string of the molecule is CCc1cc(CNC2CC2)cc(OC2CCC2)n1. The molecule has 0 spiro atoms. The van der Waals surface area contributed by atoms with Gasteiger partial charge >= 0.3 is 0 Å². The number of rotatable bonds is 6. The van der Waals surface area contributed by atoms with E-state index in [4.69, 9.17) is 4.74 Å². The van der Waals surface area contributed by atoms with Crippen LogP contribution in [0.5, 0.6) is 5.88 Å². The van der Waals surface area contributed by atoms with E-state index in [9.17, 15) is 0 Å². The molecule has 1 aromatic heterocycles. The van der Waals surface area contributed by atoms with Gasteiger partial charge in [0.25, 0.3) is 0 Å². The van der Waals surface area contributed by atoms with Crippen molar-refractivity contribution in [3.63, 3.8) is 0 Å². The molecule has 18 heavy (non-hydrogen) atoms. The average molecular weight is 246 g/mol. The van der Waals surface area contributed by atoms with Crippen LogP contribution in [0.25, 0.3) is 0 Å². The molecule has 0 atom stereocenters. The van der Waals surface area contributed by atoms with Crippen LogP contribution in [0.15, 0.2) is 12.1 Å². The van der Waals surface area contributed by atoms with E-state index in [-0.39, 0.29) is 0 Å². The molecule has 2 saturated carbocycles. The maximum Gasteiger partial charge on any atom is 0.214 e. The molecule has 1 aromatic rings. The molecule has 0 radical (unpaired) electrons. The molecule has 98 valence electrons. The molecule has 3 heteroatoms. The van der Waals surface area contributed by atoms with Crippen LogP contribution in [0.2, 0.25) is 0 Å². The van der Waals surface area contributed by atoms with Gasteiger partial charge in [-0.15, -0.1) is 0 Å². The zero-order valence-corrected chi connectivity index (χ0v) is 11.1. The Hall–Kier alpha value is -1.09. The highest BCUT2D eigenvalue weighted by Crippen LogP contribution is 2.25. The van der Waals surface area contributed by atoms with Crippen LogP contribution in [0.1, 0.15) is 50.3 Å². The van der Waals surface area contributed by atoms with Crippen molar-refractivity contribution < 1.29 is 4.74 Å². The summed E-state index contributed by atoms with van der Waals surface area (Å²) in [5.74, 6) is 0.826. The van der Waals surface area contributed by atoms with Crippen LogP contribution >= 0.6 is 0 Å². The molecule has 0 unspecified atom stereocenters. The van der Waals surface area contributed by atoms with E-state index in [2.05, 4.69) is 29.4 Å². The molecular weight excluding hydrogens is 224 g/mol. The fraction of sp³-hybridized carbons (Fsp3) is 0.667. The highest BCUT2D eigenvalue weighted by Gasteiger charge is 2.21. The van der Waals surface area contributed by atoms with Gasteiger partial charge in [0, 0.05) is 24.3 Å². The minimum Gasteiger partial charge on any atom is -0.474 e. The molecule has 2 fully saturated rings. The van der Waals surface area contributed by atoms with Gasteiger partial charge in [0.1, 0.15) is 6.10 Å². The minimum absolute atomic E-state index is 0.411. The van der Waals surface area contributed by atoms with E-state index in [1.165, 1.54) is 37.7 Å². The summed E-state index contributed by atoms with van der Waals surface area (Å²) in [7, 11) is 0. The number of ether oxygens (including phenoxy) is 1. The first-order chi connectivity index (χ1) is 8.83. The summed E-state index contributed by atoms with van der Waals surface area (Å²) >= 11 is 0. The molecule has 0 aromatic carbocycles. The van der Waals surface area contributed by atoms with E-state index in [0.29, 0.717) is 6.10 Å². The largest absolute Gasteiger partial charge is 0.474 e. The van der Waals surface area contributed by atoms with Crippen molar-refractivity contribution in [1.82, 2.24) is 10.3 Å². The summed E-state index contributed by atoms with van der Waals surface area (Å²) in [5.41, 5.74) is 2.45. The third-order valence-corrected chi connectivity index (χ3v) is 3.79. The highest BCUT2D eigenvalue weighted by molar-refractivity contribution is 5.25. The maximum absolute atomic E-state index is 5.92. The number of nitrogens with zero attached hydrogens (tertiary/aromatic N) is 1. The van der Waals surface area contributed by atoms with Crippen LogP contribution in [0.3, 0.4) is 0 Å². The Morgan fingerprint density at radius 2 is 2.11 bits per heavy atom. The van der Waals surface area contributed by atoms with Gasteiger partial charge in [-0.05, 0) is 50.2 Å². The number of hydrogen-bond acceptors (Lipinski definition) is 3. The van der Waals surface area contributed by atoms with E-state index in [1.54, 1.807) is 0 Å². The Morgan fingerprint density at radius 1 is 1.28 bits per heavy atom. The summed E-state index contributed by atoms with van der Waals surface area (Å²) in [5, 5.41) is 3.55. The first kappa shape index (κ1) is 12.0. The second-order valence-corrected chi connectivity index (χ2v) is 5.48. The monoisotopic (exact) mass is 246 g/mol. The van der Waals surface area contributed by atoms with Crippen molar-refractivity contribution >= 4 is 0 Å². The van der Waals surface area contributed by atoms with Crippen LogP contribution in [0.4, 0.5) is 0 Å². The average Bonchev–Trinajstić information content (AvgIpc) is 3.15. The van der Waals surface area contributed by atoms with Crippen LogP contribution in [0, 0.1) is 0 Å². The number of aryl methyl sites for hydroxylation is 1. The fourth-order valence-electron chi connectivity index (χ4n) is 2.17. The Bertz CT molecular complexity index is 411. The lowest BCUT2D eigenvalue weighted by atomic mass is 9.96. The van der Waals surface area contributed by atoms with Crippen LogP contribution < -0.4 is 10.1 Å². The van der Waals surface area contributed by atoms with Gasteiger partial charge in [-0.3, -0.25) is 0 Å². The van der Waals surface area contributed by atoms with Crippen molar-refractivity contribution in [3.8, 4) is 5.88 Å². The van der Waals surface area contributed by atoms with Crippen molar-refractivity contribution in [2.75, 3.05) is 0 Å². The predicted octanol–water partition coefficient (Wildman–Crippen LogP) is 2.83. The van der Waals surface area contributed by atoms with Crippen molar-refractivity contribution in [2.45, 2.75) is 64.1 Å². The Balaban J connectivity index is 1.67. The standard InChI is InChI=1S/C15H22N2O/c1-2-12-8-11(10-16-13-6-7-13)9-15(17-12)18-14-4-3-5-14/h8-9,13-14,16H,2-7,10H2,1H3. The molecular formula is C15H22N2O. The van der Waals surface area contributed by atoms with Crippen molar-refractivity contribution in [3.05, 3.63) is 23.4 Å². The Morgan fingerprint density at radius 3 is 2.72 bits per heavy atom. The normalized spacial score (nSPS) is 19.6. The lowest BCUT2D eigenvalue weighted by Crippen LogP contribution is -2.25. The number of aromatic nitrogens is 1.